The molecule has 0 saturated carbocycles. The van der Waals surface area contributed by atoms with Crippen LogP contribution in [0.4, 0.5) is 0 Å². The zero-order valence-corrected chi connectivity index (χ0v) is 13.0. The van der Waals surface area contributed by atoms with Crippen molar-refractivity contribution in [3.63, 3.8) is 0 Å². The van der Waals surface area contributed by atoms with E-state index >= 15 is 0 Å². The van der Waals surface area contributed by atoms with Crippen molar-refractivity contribution >= 4 is 21.9 Å². The summed E-state index contributed by atoms with van der Waals surface area (Å²) in [4.78, 5) is 12.8. The minimum atomic E-state index is -1.54. The summed E-state index contributed by atoms with van der Waals surface area (Å²) in [5.74, 6) is 0.291. The SMILES string of the molecule is COc1c2c(cc3c(=O)c4cccc(O)c4oc13)O[C@@H]1OC=C[C@@]21O. The Hall–Kier alpha value is -3.19. The molecule has 5 rings (SSSR count). The van der Waals surface area contributed by atoms with Crippen LogP contribution in [0.1, 0.15) is 5.56 Å². The van der Waals surface area contributed by atoms with Crippen LogP contribution < -0.4 is 14.9 Å². The molecule has 2 aliphatic rings. The van der Waals surface area contributed by atoms with Crippen molar-refractivity contribution < 1.29 is 28.8 Å². The van der Waals surface area contributed by atoms with Crippen molar-refractivity contribution in [2.45, 2.75) is 11.9 Å². The van der Waals surface area contributed by atoms with Crippen LogP contribution in [0.3, 0.4) is 0 Å². The average molecular weight is 340 g/mol. The molecule has 2 N–H and O–H groups in total. The molecular formula is C18H12O7. The van der Waals surface area contributed by atoms with Gasteiger partial charge in [0.1, 0.15) is 5.75 Å². The highest BCUT2D eigenvalue weighted by Crippen LogP contribution is 2.52. The maximum Gasteiger partial charge on any atom is 0.277 e. The lowest BCUT2D eigenvalue weighted by atomic mass is 9.93. The van der Waals surface area contributed by atoms with Crippen molar-refractivity contribution in [1.82, 2.24) is 0 Å². The number of fused-ring (bicyclic) bond motifs is 5. The molecule has 2 aromatic carbocycles. The summed E-state index contributed by atoms with van der Waals surface area (Å²) < 4.78 is 22.1. The summed E-state index contributed by atoms with van der Waals surface area (Å²) >= 11 is 0. The number of rotatable bonds is 1. The van der Waals surface area contributed by atoms with Gasteiger partial charge in [-0.25, -0.2) is 0 Å². The van der Waals surface area contributed by atoms with Crippen molar-refractivity contribution in [3.8, 4) is 17.2 Å². The van der Waals surface area contributed by atoms with Crippen LogP contribution in [0, 0.1) is 0 Å². The predicted octanol–water partition coefficient (Wildman–Crippen LogP) is 2.11. The summed E-state index contributed by atoms with van der Waals surface area (Å²) in [6.45, 7) is 0. The van der Waals surface area contributed by atoms with E-state index in [0.717, 1.165) is 0 Å². The molecule has 0 fully saturated rings. The quantitative estimate of drug-likeness (QED) is 0.655. The molecule has 0 aliphatic carbocycles. The van der Waals surface area contributed by atoms with Gasteiger partial charge in [0.15, 0.2) is 28.3 Å². The Morgan fingerprint density at radius 2 is 2.08 bits per heavy atom. The van der Waals surface area contributed by atoms with E-state index < -0.39 is 11.9 Å². The topological polar surface area (TPSA) is 98.4 Å². The third kappa shape index (κ3) is 1.60. The first-order chi connectivity index (χ1) is 12.0. The molecule has 0 amide bonds. The fourth-order valence-corrected chi connectivity index (χ4v) is 3.44. The van der Waals surface area contributed by atoms with Gasteiger partial charge >= 0.3 is 0 Å². The number of ether oxygens (including phenoxy) is 3. The normalized spacial score (nSPS) is 23.4. The molecule has 25 heavy (non-hydrogen) atoms. The van der Waals surface area contributed by atoms with Gasteiger partial charge in [0.2, 0.25) is 5.43 Å². The first kappa shape index (κ1) is 14.2. The van der Waals surface area contributed by atoms with Gasteiger partial charge in [-0.05, 0) is 24.3 Å². The highest BCUT2D eigenvalue weighted by atomic mass is 16.7. The molecule has 0 radical (unpaired) electrons. The highest BCUT2D eigenvalue weighted by molar-refractivity contribution is 5.96. The van der Waals surface area contributed by atoms with Gasteiger partial charge in [-0.3, -0.25) is 4.79 Å². The molecule has 0 unspecified atom stereocenters. The van der Waals surface area contributed by atoms with Crippen molar-refractivity contribution in [1.29, 1.82) is 0 Å². The van der Waals surface area contributed by atoms with Gasteiger partial charge in [0, 0.05) is 0 Å². The summed E-state index contributed by atoms with van der Waals surface area (Å²) in [5, 5.41) is 21.4. The van der Waals surface area contributed by atoms with Gasteiger partial charge < -0.3 is 28.8 Å². The van der Waals surface area contributed by atoms with Crippen LogP contribution in [0.2, 0.25) is 0 Å². The number of para-hydroxylation sites is 1. The zero-order valence-electron chi connectivity index (χ0n) is 13.0. The number of hydrogen-bond acceptors (Lipinski definition) is 7. The van der Waals surface area contributed by atoms with Crippen LogP contribution >= 0.6 is 0 Å². The van der Waals surface area contributed by atoms with E-state index in [9.17, 15) is 15.0 Å². The molecule has 126 valence electrons. The first-order valence-corrected chi connectivity index (χ1v) is 7.57. The molecule has 2 aliphatic heterocycles. The Morgan fingerprint density at radius 3 is 2.88 bits per heavy atom. The first-order valence-electron chi connectivity index (χ1n) is 7.57. The van der Waals surface area contributed by atoms with Crippen LogP contribution in [0.25, 0.3) is 21.9 Å². The molecule has 0 spiro atoms. The third-order valence-electron chi connectivity index (χ3n) is 4.61. The Morgan fingerprint density at radius 1 is 1.24 bits per heavy atom. The number of aromatic hydroxyl groups is 1. The standard InChI is InChI=1S/C18H12O7/c1-22-16-12-11(24-17-18(12,21)5-6-23-17)7-9-13(20)8-3-2-4-10(19)14(8)25-15(9)16/h2-7,17,19,21H,1H3/t17-,18+/m0/s1. The molecule has 7 heteroatoms. The summed E-state index contributed by atoms with van der Waals surface area (Å²) in [7, 11) is 1.40. The Labute approximate surface area is 140 Å². The number of phenolic OH excluding ortho intramolecular Hbond substituents is 1. The minimum Gasteiger partial charge on any atom is -0.504 e. The Bertz CT molecular complexity index is 1140. The number of hydrogen-bond donors (Lipinski definition) is 2. The van der Waals surface area contributed by atoms with Crippen LogP contribution in [-0.4, -0.2) is 23.6 Å². The largest absolute Gasteiger partial charge is 0.504 e. The molecule has 2 atom stereocenters. The van der Waals surface area contributed by atoms with Crippen molar-refractivity contribution in [2.24, 2.45) is 0 Å². The molecule has 0 bridgehead atoms. The van der Waals surface area contributed by atoms with Gasteiger partial charge in [-0.15, -0.1) is 0 Å². The lowest BCUT2D eigenvalue weighted by molar-refractivity contribution is -0.110. The minimum absolute atomic E-state index is 0.0546. The summed E-state index contributed by atoms with van der Waals surface area (Å²) in [6.07, 6.45) is 1.85. The molecule has 1 aromatic heterocycles. The van der Waals surface area contributed by atoms with Crippen LogP contribution in [0.15, 0.2) is 45.8 Å². The van der Waals surface area contributed by atoms with E-state index in [1.54, 1.807) is 12.1 Å². The summed E-state index contributed by atoms with van der Waals surface area (Å²) in [6, 6.07) is 6.05. The monoisotopic (exact) mass is 340 g/mol. The molecule has 3 heterocycles. The second-order valence-corrected chi connectivity index (χ2v) is 5.96. The fourth-order valence-electron chi connectivity index (χ4n) is 3.44. The van der Waals surface area contributed by atoms with Crippen LogP contribution in [-0.2, 0) is 10.3 Å². The molecular weight excluding hydrogens is 328 g/mol. The van der Waals surface area contributed by atoms with Crippen LogP contribution in [0.5, 0.6) is 17.2 Å². The predicted molar refractivity (Wildman–Crippen MR) is 86.7 cm³/mol. The number of phenols is 1. The molecule has 7 nitrogen and oxygen atoms in total. The zero-order chi connectivity index (χ0) is 17.3. The number of methoxy groups -OCH3 is 1. The van der Waals surface area contributed by atoms with E-state index in [1.807, 2.05) is 0 Å². The molecule has 0 saturated heterocycles. The van der Waals surface area contributed by atoms with E-state index in [1.165, 1.54) is 31.6 Å². The maximum atomic E-state index is 12.8. The average Bonchev–Trinajstić information content (AvgIpc) is 3.08. The lowest BCUT2D eigenvalue weighted by Crippen LogP contribution is -2.33. The van der Waals surface area contributed by atoms with Gasteiger partial charge in [-0.1, -0.05) is 6.07 Å². The lowest BCUT2D eigenvalue weighted by Gasteiger charge is -2.19. The van der Waals surface area contributed by atoms with Gasteiger partial charge in [0.25, 0.3) is 6.29 Å². The van der Waals surface area contributed by atoms with Gasteiger partial charge in [-0.2, -0.15) is 0 Å². The van der Waals surface area contributed by atoms with Crippen molar-refractivity contribution in [2.75, 3.05) is 7.11 Å². The van der Waals surface area contributed by atoms with E-state index in [2.05, 4.69) is 0 Å². The Balaban J connectivity index is 1.98. The molecule has 3 aromatic rings. The Kier molecular flexibility index (Phi) is 2.53. The van der Waals surface area contributed by atoms with Crippen molar-refractivity contribution in [3.05, 3.63) is 52.4 Å². The smallest absolute Gasteiger partial charge is 0.277 e. The van der Waals surface area contributed by atoms with E-state index in [0.29, 0.717) is 5.56 Å². The maximum absolute atomic E-state index is 12.8. The second kappa shape index (κ2) is 4.46. The summed E-state index contributed by atoms with van der Waals surface area (Å²) in [5.41, 5.74) is -1.38. The highest BCUT2D eigenvalue weighted by Gasteiger charge is 2.53. The fraction of sp³-hybridized carbons (Fsp3) is 0.167. The second-order valence-electron chi connectivity index (χ2n) is 5.96. The third-order valence-corrected chi connectivity index (χ3v) is 4.61. The number of aliphatic hydroxyl groups is 1. The van der Waals surface area contributed by atoms with E-state index in [-0.39, 0.29) is 44.6 Å². The van der Waals surface area contributed by atoms with Gasteiger partial charge in [0.05, 0.1) is 29.7 Å². The number of benzene rings is 2. The van der Waals surface area contributed by atoms with E-state index in [4.69, 9.17) is 18.6 Å².